The van der Waals surface area contributed by atoms with Crippen LogP contribution in [0, 0.1) is 0 Å². The number of ether oxygens (including phenoxy) is 1. The number of hydrogen-bond acceptors (Lipinski definition) is 8. The number of aromatic nitrogens is 5. The van der Waals surface area contributed by atoms with Crippen LogP contribution in [0.25, 0.3) is 22.6 Å². The smallest absolute Gasteiger partial charge is 0.166 e. The van der Waals surface area contributed by atoms with Gasteiger partial charge in [-0.15, -0.1) is 0 Å². The number of anilines is 1. The van der Waals surface area contributed by atoms with Gasteiger partial charge in [-0.3, -0.25) is 4.90 Å². The van der Waals surface area contributed by atoms with Crippen LogP contribution >= 0.6 is 11.6 Å². The molecule has 10 heteroatoms. The summed E-state index contributed by atoms with van der Waals surface area (Å²) in [5.41, 5.74) is 3.61. The second kappa shape index (κ2) is 10.0. The summed E-state index contributed by atoms with van der Waals surface area (Å²) < 4.78 is 7.78. The Morgan fingerprint density at radius 3 is 2.58 bits per heavy atom. The van der Waals surface area contributed by atoms with Gasteiger partial charge in [-0.25, -0.2) is 19.9 Å². The van der Waals surface area contributed by atoms with Crippen LogP contribution in [0.4, 0.5) is 5.82 Å². The van der Waals surface area contributed by atoms with E-state index in [1.54, 1.807) is 12.1 Å². The molecule has 2 fully saturated rings. The van der Waals surface area contributed by atoms with Gasteiger partial charge in [-0.1, -0.05) is 29.8 Å². The third-order valence-corrected chi connectivity index (χ3v) is 7.19. The molecule has 9 nitrogen and oxygen atoms in total. The number of imidazole rings is 1. The molecule has 0 atom stereocenters. The van der Waals surface area contributed by atoms with E-state index in [9.17, 15) is 5.11 Å². The summed E-state index contributed by atoms with van der Waals surface area (Å²) in [6.45, 7) is 5.67. The van der Waals surface area contributed by atoms with Crippen LogP contribution in [-0.4, -0.2) is 73.9 Å². The number of halogens is 1. The normalized spacial score (nSPS) is 17.6. The first kappa shape index (κ1) is 23.1. The zero-order valence-electron chi connectivity index (χ0n) is 19.9. The van der Waals surface area contributed by atoms with Crippen LogP contribution in [0.5, 0.6) is 5.75 Å². The van der Waals surface area contributed by atoms with E-state index in [1.165, 1.54) is 5.56 Å². The molecule has 4 aromatic rings. The number of pyridine rings is 1. The number of hydrogen-bond donors (Lipinski definition) is 1. The molecule has 6 rings (SSSR count). The summed E-state index contributed by atoms with van der Waals surface area (Å²) in [6, 6.07) is 11.3. The van der Waals surface area contributed by atoms with Gasteiger partial charge in [0, 0.05) is 50.5 Å². The van der Waals surface area contributed by atoms with Crippen LogP contribution in [0.1, 0.15) is 24.4 Å². The molecular weight excluding hydrogens is 478 g/mol. The minimum atomic E-state index is 0.195. The lowest BCUT2D eigenvalue weighted by molar-refractivity contribution is 0.122. The van der Waals surface area contributed by atoms with E-state index >= 15 is 0 Å². The van der Waals surface area contributed by atoms with E-state index < -0.39 is 0 Å². The van der Waals surface area contributed by atoms with Crippen molar-refractivity contribution in [2.24, 2.45) is 0 Å². The molecule has 1 N–H and O–H groups in total. The standard InChI is InChI=1S/C26H28ClN7O2/c27-22-5-4-18(15-28-22)16-32-8-6-20(7-9-32)34-17-29-23-25(33-10-12-36-13-11-33)30-24(31-26(23)34)19-2-1-3-21(35)14-19/h1-5,14-15,17,20,35H,6-13,16H2. The number of phenols is 1. The largest absolute Gasteiger partial charge is 0.508 e. The van der Waals surface area contributed by atoms with Gasteiger partial charge in [-0.2, -0.15) is 0 Å². The topological polar surface area (TPSA) is 92.4 Å². The number of piperidine rings is 1. The van der Waals surface area contributed by atoms with Gasteiger partial charge < -0.3 is 19.3 Å². The van der Waals surface area contributed by atoms with Gasteiger partial charge in [0.2, 0.25) is 0 Å². The number of phenolic OH excluding ortho intramolecular Hbond substituents is 1. The van der Waals surface area contributed by atoms with Crippen LogP contribution in [0.15, 0.2) is 48.9 Å². The predicted molar refractivity (Wildman–Crippen MR) is 138 cm³/mol. The van der Waals surface area contributed by atoms with Gasteiger partial charge in [0.15, 0.2) is 22.8 Å². The van der Waals surface area contributed by atoms with Gasteiger partial charge in [0.05, 0.1) is 19.5 Å². The van der Waals surface area contributed by atoms with E-state index in [0.717, 1.165) is 68.1 Å². The molecule has 0 spiro atoms. The Morgan fingerprint density at radius 2 is 1.83 bits per heavy atom. The average molecular weight is 506 g/mol. The molecule has 0 radical (unpaired) electrons. The van der Waals surface area contributed by atoms with Crippen molar-refractivity contribution in [3.8, 4) is 17.1 Å². The maximum Gasteiger partial charge on any atom is 0.166 e. The van der Waals surface area contributed by atoms with Crippen molar-refractivity contribution in [1.82, 2.24) is 29.4 Å². The lowest BCUT2D eigenvalue weighted by atomic mass is 10.0. The molecule has 2 aliphatic heterocycles. The van der Waals surface area contributed by atoms with Gasteiger partial charge in [0.25, 0.3) is 0 Å². The molecule has 186 valence electrons. The molecule has 3 aromatic heterocycles. The Balaban J connectivity index is 1.29. The number of benzene rings is 1. The van der Waals surface area contributed by atoms with Gasteiger partial charge in [0.1, 0.15) is 10.9 Å². The van der Waals surface area contributed by atoms with Crippen LogP contribution < -0.4 is 4.90 Å². The van der Waals surface area contributed by atoms with Gasteiger partial charge in [-0.05, 0) is 36.6 Å². The van der Waals surface area contributed by atoms with E-state index in [2.05, 4.69) is 19.4 Å². The number of aromatic hydroxyl groups is 1. The zero-order valence-corrected chi connectivity index (χ0v) is 20.7. The molecule has 1 aromatic carbocycles. The van der Waals surface area contributed by atoms with Crippen molar-refractivity contribution in [3.63, 3.8) is 0 Å². The summed E-state index contributed by atoms with van der Waals surface area (Å²) in [6.07, 6.45) is 5.78. The third-order valence-electron chi connectivity index (χ3n) is 6.96. The fourth-order valence-corrected chi connectivity index (χ4v) is 5.16. The number of morpholine rings is 1. The SMILES string of the molecule is Oc1cccc(-c2nc(N3CCOCC3)c3ncn(C4CCN(Cc5ccc(Cl)nc5)CC4)c3n2)c1. The molecule has 0 aliphatic carbocycles. The number of likely N-dealkylation sites (tertiary alicyclic amines) is 1. The zero-order chi connectivity index (χ0) is 24.5. The monoisotopic (exact) mass is 505 g/mol. The minimum Gasteiger partial charge on any atom is -0.508 e. The first-order valence-electron chi connectivity index (χ1n) is 12.3. The van der Waals surface area contributed by atoms with Crippen LogP contribution in [0.3, 0.4) is 0 Å². The molecule has 2 aliphatic rings. The lowest BCUT2D eigenvalue weighted by Gasteiger charge is -2.32. The second-order valence-electron chi connectivity index (χ2n) is 9.34. The van der Waals surface area contributed by atoms with Crippen LogP contribution in [-0.2, 0) is 11.3 Å². The van der Waals surface area contributed by atoms with E-state index in [4.69, 9.17) is 31.3 Å². The average Bonchev–Trinajstić information content (AvgIpc) is 3.34. The summed E-state index contributed by atoms with van der Waals surface area (Å²) in [5, 5.41) is 10.6. The Bertz CT molecular complexity index is 1350. The fraction of sp³-hybridized carbons (Fsp3) is 0.385. The second-order valence-corrected chi connectivity index (χ2v) is 9.73. The van der Waals surface area contributed by atoms with E-state index in [-0.39, 0.29) is 5.75 Å². The Morgan fingerprint density at radius 1 is 1.00 bits per heavy atom. The summed E-state index contributed by atoms with van der Waals surface area (Å²) >= 11 is 5.93. The lowest BCUT2D eigenvalue weighted by Crippen LogP contribution is -2.37. The molecule has 0 bridgehead atoms. The van der Waals surface area contributed by atoms with Gasteiger partial charge >= 0.3 is 0 Å². The molecule has 0 saturated carbocycles. The Kier molecular flexibility index (Phi) is 6.43. The highest BCUT2D eigenvalue weighted by Gasteiger charge is 2.26. The summed E-state index contributed by atoms with van der Waals surface area (Å²) in [7, 11) is 0. The number of nitrogens with zero attached hydrogens (tertiary/aromatic N) is 7. The third kappa shape index (κ3) is 4.74. The summed E-state index contributed by atoms with van der Waals surface area (Å²) in [5.74, 6) is 1.61. The number of rotatable bonds is 5. The molecule has 36 heavy (non-hydrogen) atoms. The van der Waals surface area contributed by atoms with Crippen molar-refractivity contribution >= 4 is 28.6 Å². The van der Waals surface area contributed by atoms with Crippen molar-refractivity contribution in [3.05, 3.63) is 59.6 Å². The van der Waals surface area contributed by atoms with Crippen molar-refractivity contribution in [2.75, 3.05) is 44.3 Å². The van der Waals surface area contributed by atoms with Crippen molar-refractivity contribution < 1.29 is 9.84 Å². The fourth-order valence-electron chi connectivity index (χ4n) is 5.05. The highest BCUT2D eigenvalue weighted by atomic mass is 35.5. The van der Waals surface area contributed by atoms with Crippen LogP contribution in [0.2, 0.25) is 5.15 Å². The van der Waals surface area contributed by atoms with E-state index in [1.807, 2.05) is 36.8 Å². The van der Waals surface area contributed by atoms with E-state index in [0.29, 0.717) is 30.2 Å². The Labute approximate surface area is 214 Å². The maximum atomic E-state index is 10.1. The number of fused-ring (bicyclic) bond motifs is 1. The Hall–Kier alpha value is -3.27. The molecule has 5 heterocycles. The first-order valence-corrected chi connectivity index (χ1v) is 12.7. The highest BCUT2D eigenvalue weighted by molar-refractivity contribution is 6.29. The predicted octanol–water partition coefficient (Wildman–Crippen LogP) is 3.92. The molecular formula is C26H28ClN7O2. The quantitative estimate of drug-likeness (QED) is 0.408. The minimum absolute atomic E-state index is 0.195. The van der Waals surface area contributed by atoms with Crippen molar-refractivity contribution in [2.45, 2.75) is 25.4 Å². The molecule has 2 saturated heterocycles. The first-order chi connectivity index (χ1) is 17.6. The van der Waals surface area contributed by atoms with Crippen molar-refractivity contribution in [1.29, 1.82) is 0 Å². The maximum absolute atomic E-state index is 10.1. The summed E-state index contributed by atoms with van der Waals surface area (Å²) in [4.78, 5) is 23.5. The molecule has 0 unspecified atom stereocenters. The highest BCUT2D eigenvalue weighted by Crippen LogP contribution is 2.32. The molecule has 0 amide bonds.